The Balaban J connectivity index is 2.10. The Kier molecular flexibility index (Phi) is 2.34. The van der Waals surface area contributed by atoms with Crippen LogP contribution in [0.4, 0.5) is 8.78 Å². The summed E-state index contributed by atoms with van der Waals surface area (Å²) in [4.78, 5) is 0. The predicted octanol–water partition coefficient (Wildman–Crippen LogP) is 1.73. The third kappa shape index (κ3) is 1.68. The van der Waals surface area contributed by atoms with Crippen LogP contribution in [0.2, 0.25) is 0 Å². The Morgan fingerprint density at radius 2 is 1.31 bits per heavy atom. The first-order valence-electron chi connectivity index (χ1n) is 4.67. The van der Waals surface area contributed by atoms with Gasteiger partial charge in [-0.3, -0.25) is 0 Å². The van der Waals surface area contributed by atoms with E-state index < -0.39 is 20.9 Å². The molecule has 3 rings (SSSR count). The molecule has 1 aliphatic rings. The van der Waals surface area contributed by atoms with E-state index in [2.05, 4.69) is 0 Å². The number of halogens is 2. The van der Waals surface area contributed by atoms with Crippen molar-refractivity contribution in [3.05, 3.63) is 48.0 Å². The van der Waals surface area contributed by atoms with Gasteiger partial charge in [-0.05, 0) is 0 Å². The van der Waals surface area contributed by atoms with Crippen LogP contribution >= 0.6 is 0 Å². The van der Waals surface area contributed by atoms with E-state index in [0.29, 0.717) is 11.5 Å². The van der Waals surface area contributed by atoms with Crippen LogP contribution in [0.25, 0.3) is 0 Å². The van der Waals surface area contributed by atoms with Gasteiger partial charge in [-0.25, -0.2) is 0 Å². The second-order valence-corrected chi connectivity index (χ2v) is 6.48. The van der Waals surface area contributed by atoms with Crippen LogP contribution in [-0.2, 0) is 0 Å². The van der Waals surface area contributed by atoms with Crippen LogP contribution in [0, 0.1) is 11.6 Å². The molecule has 0 saturated carbocycles. The van der Waals surface area contributed by atoms with Gasteiger partial charge in [0.25, 0.3) is 0 Å². The second kappa shape index (κ2) is 3.73. The van der Waals surface area contributed by atoms with E-state index >= 15 is 0 Å². The van der Waals surface area contributed by atoms with Gasteiger partial charge in [0.1, 0.15) is 0 Å². The summed E-state index contributed by atoms with van der Waals surface area (Å²) in [6, 6.07) is 8.96. The van der Waals surface area contributed by atoms with Gasteiger partial charge in [-0.1, -0.05) is 0 Å². The van der Waals surface area contributed by atoms with Gasteiger partial charge in [0.05, 0.1) is 0 Å². The predicted molar refractivity (Wildman–Crippen MR) is 57.9 cm³/mol. The molecule has 0 atom stereocenters. The van der Waals surface area contributed by atoms with Crippen molar-refractivity contribution in [3.63, 3.8) is 0 Å². The first-order valence-corrected chi connectivity index (χ1v) is 7.00. The molecule has 0 amide bonds. The van der Waals surface area contributed by atoms with Gasteiger partial charge < -0.3 is 0 Å². The monoisotopic (exact) mass is 334 g/mol. The van der Waals surface area contributed by atoms with Crippen molar-refractivity contribution < 1.29 is 13.5 Å². The van der Waals surface area contributed by atoms with Crippen LogP contribution in [0.5, 0.6) is 11.5 Å². The fourth-order valence-corrected chi connectivity index (χ4v) is 4.38. The maximum atomic E-state index is 13.0. The molecule has 1 nitrogen and oxygen atoms in total. The summed E-state index contributed by atoms with van der Waals surface area (Å²) in [7, 11) is 0. The molecule has 1 aliphatic heterocycles. The number of hydrogen-bond donors (Lipinski definition) is 0. The van der Waals surface area contributed by atoms with Crippen molar-refractivity contribution in [1.29, 1.82) is 0 Å². The molecular weight excluding hydrogens is 326 g/mol. The molecule has 0 fully saturated rings. The molecule has 0 aromatic heterocycles. The van der Waals surface area contributed by atoms with E-state index in [1.165, 1.54) is 24.3 Å². The third-order valence-corrected chi connectivity index (χ3v) is 5.33. The molecule has 0 N–H and O–H groups in total. The quantitative estimate of drug-likeness (QED) is 0.570. The van der Waals surface area contributed by atoms with E-state index in [1.54, 1.807) is 12.1 Å². The van der Waals surface area contributed by atoms with Gasteiger partial charge in [-0.2, -0.15) is 0 Å². The summed E-state index contributed by atoms with van der Waals surface area (Å²) in [5, 5.41) is 0. The van der Waals surface area contributed by atoms with E-state index in [1.807, 2.05) is 0 Å². The minimum absolute atomic E-state index is 0.271. The molecule has 80 valence electrons. The molecule has 1 heterocycles. The van der Waals surface area contributed by atoms with Crippen molar-refractivity contribution >= 4 is 28.1 Å². The van der Waals surface area contributed by atoms with Gasteiger partial charge in [-0.15, -0.1) is 0 Å². The number of rotatable bonds is 0. The molecule has 0 unspecified atom stereocenters. The van der Waals surface area contributed by atoms with Crippen molar-refractivity contribution in [2.75, 3.05) is 0 Å². The van der Waals surface area contributed by atoms with E-state index in [0.717, 1.165) is 7.22 Å². The Hall–Kier alpha value is -1.11. The molecule has 0 aliphatic carbocycles. The average molecular weight is 332 g/mol. The molecule has 2 aromatic carbocycles. The van der Waals surface area contributed by atoms with Gasteiger partial charge in [0, 0.05) is 0 Å². The Morgan fingerprint density at radius 3 is 1.81 bits per heavy atom. The summed E-state index contributed by atoms with van der Waals surface area (Å²) < 4.78 is 33.4. The molecule has 2 aromatic rings. The van der Waals surface area contributed by atoms with Crippen molar-refractivity contribution in [2.24, 2.45) is 0 Å². The van der Waals surface area contributed by atoms with E-state index in [4.69, 9.17) is 4.74 Å². The van der Waals surface area contributed by atoms with Gasteiger partial charge in [0.15, 0.2) is 0 Å². The van der Waals surface area contributed by atoms with Gasteiger partial charge in [0.2, 0.25) is 0 Å². The zero-order valence-electron chi connectivity index (χ0n) is 8.04. The average Bonchev–Trinajstić information content (AvgIpc) is 2.26. The fraction of sp³-hybridized carbons (Fsp3) is 0. The minimum atomic E-state index is -0.757. The number of ether oxygens (including phenoxy) is 1. The first kappa shape index (κ1) is 10.1. The Bertz CT molecular complexity index is 519. The molecule has 16 heavy (non-hydrogen) atoms. The third-order valence-electron chi connectivity index (χ3n) is 2.25. The summed E-state index contributed by atoms with van der Waals surface area (Å²) in [6.45, 7) is 0. The number of hydrogen-bond acceptors (Lipinski definition) is 1. The zero-order chi connectivity index (χ0) is 11.1. The Labute approximate surface area is 101 Å². The second-order valence-electron chi connectivity index (χ2n) is 3.39. The normalized spacial score (nSPS) is 12.6. The van der Waals surface area contributed by atoms with Crippen molar-refractivity contribution in [2.45, 2.75) is 0 Å². The van der Waals surface area contributed by atoms with Crippen LogP contribution < -0.4 is 12.0 Å². The molecule has 0 saturated heterocycles. The molecule has 4 heteroatoms. The van der Waals surface area contributed by atoms with Gasteiger partial charge >= 0.3 is 101 Å². The summed E-state index contributed by atoms with van der Waals surface area (Å²) >= 11 is -0.757. The maximum absolute atomic E-state index is 13.0. The fourth-order valence-electron chi connectivity index (χ4n) is 1.53. The van der Waals surface area contributed by atoms with Crippen LogP contribution in [0.1, 0.15) is 0 Å². The summed E-state index contributed by atoms with van der Waals surface area (Å²) in [5.74, 6) is 0.852. The van der Waals surface area contributed by atoms with Crippen molar-refractivity contribution in [3.8, 4) is 11.5 Å². The van der Waals surface area contributed by atoms with E-state index in [-0.39, 0.29) is 11.6 Å². The standard InChI is InChI=1S/C12H6F2OTe/c13-7-1-3-9-11(5-7)16-12-6-8(14)2-4-10(12)15-9/h1-6H. The van der Waals surface area contributed by atoms with Crippen LogP contribution in [0.15, 0.2) is 36.4 Å². The first-order chi connectivity index (χ1) is 7.72. The number of benzene rings is 2. The summed E-state index contributed by atoms with van der Waals surface area (Å²) in [5.41, 5.74) is 0. The molecule has 0 spiro atoms. The zero-order valence-corrected chi connectivity index (χ0v) is 10.4. The van der Waals surface area contributed by atoms with Crippen LogP contribution in [-0.4, -0.2) is 20.9 Å². The Morgan fingerprint density at radius 1 is 0.812 bits per heavy atom. The SMILES string of the molecule is Fc1ccc2c(c1)[Te]c1cc(F)ccc1O2. The van der Waals surface area contributed by atoms with Crippen LogP contribution in [0.3, 0.4) is 0 Å². The molecule has 0 radical (unpaired) electrons. The molecular formula is C12H6F2OTe. The molecule has 0 bridgehead atoms. The number of fused-ring (bicyclic) bond motifs is 2. The van der Waals surface area contributed by atoms with E-state index in [9.17, 15) is 8.78 Å². The summed E-state index contributed by atoms with van der Waals surface area (Å²) in [6.07, 6.45) is 0. The topological polar surface area (TPSA) is 9.23 Å². The van der Waals surface area contributed by atoms with Crippen molar-refractivity contribution in [1.82, 2.24) is 0 Å².